The Balaban J connectivity index is 2.96. The molecule has 0 unspecified atom stereocenters. The fraction of sp³-hybridized carbons (Fsp3) is 0.250. The van der Waals surface area contributed by atoms with Gasteiger partial charge in [-0.3, -0.25) is 0 Å². The van der Waals surface area contributed by atoms with Crippen molar-refractivity contribution in [3.8, 4) is 0 Å². The molecule has 1 aliphatic carbocycles. The molecule has 0 radical (unpaired) electrons. The fourth-order valence-corrected chi connectivity index (χ4v) is 0.738. The Morgan fingerprint density at radius 2 is 2.10 bits per heavy atom. The first-order valence-corrected chi connectivity index (χ1v) is 3.09. The number of halogens is 2. The van der Waals surface area contributed by atoms with E-state index in [0.29, 0.717) is 12.0 Å². The molecule has 2 heteroatoms. The Hall–Kier alpha value is -0.920. The maximum Gasteiger partial charge on any atom is 0.125 e. The standard InChI is InChI=1S/C8H8F2/c1-6-3-2-4-7(9)5-8(6)10/h2,4-5H,3H2,1H3. The van der Waals surface area contributed by atoms with Crippen molar-refractivity contribution in [1.29, 1.82) is 0 Å². The third-order valence-electron chi connectivity index (χ3n) is 1.37. The smallest absolute Gasteiger partial charge is 0.125 e. The second-order valence-corrected chi connectivity index (χ2v) is 2.26. The molecule has 0 aromatic heterocycles. The summed E-state index contributed by atoms with van der Waals surface area (Å²) in [7, 11) is 0. The van der Waals surface area contributed by atoms with E-state index in [0.717, 1.165) is 6.08 Å². The van der Waals surface area contributed by atoms with E-state index in [4.69, 9.17) is 0 Å². The van der Waals surface area contributed by atoms with Gasteiger partial charge in [0.15, 0.2) is 0 Å². The van der Waals surface area contributed by atoms with E-state index in [-0.39, 0.29) is 0 Å². The first-order chi connectivity index (χ1) is 4.70. The second kappa shape index (κ2) is 2.78. The van der Waals surface area contributed by atoms with Gasteiger partial charge in [-0.15, -0.1) is 0 Å². The van der Waals surface area contributed by atoms with E-state index in [9.17, 15) is 8.78 Å². The van der Waals surface area contributed by atoms with Gasteiger partial charge in [-0.25, -0.2) is 8.78 Å². The minimum atomic E-state index is -0.519. The lowest BCUT2D eigenvalue weighted by Gasteiger charge is -1.91. The van der Waals surface area contributed by atoms with Gasteiger partial charge in [0.05, 0.1) is 0 Å². The van der Waals surface area contributed by atoms with Crippen molar-refractivity contribution in [3.05, 3.63) is 35.5 Å². The van der Waals surface area contributed by atoms with Gasteiger partial charge in [0.2, 0.25) is 0 Å². The van der Waals surface area contributed by atoms with Crippen LogP contribution in [-0.4, -0.2) is 0 Å². The lowest BCUT2D eigenvalue weighted by Crippen LogP contribution is -1.74. The molecule has 0 atom stereocenters. The van der Waals surface area contributed by atoms with Gasteiger partial charge >= 0.3 is 0 Å². The van der Waals surface area contributed by atoms with Crippen molar-refractivity contribution in [3.63, 3.8) is 0 Å². The largest absolute Gasteiger partial charge is 0.207 e. The van der Waals surface area contributed by atoms with Crippen LogP contribution in [0.25, 0.3) is 0 Å². The normalized spacial score (nSPS) is 18.9. The molecule has 0 N–H and O–H groups in total. The van der Waals surface area contributed by atoms with Gasteiger partial charge in [-0.2, -0.15) is 0 Å². The van der Waals surface area contributed by atoms with Crippen molar-refractivity contribution in [1.82, 2.24) is 0 Å². The van der Waals surface area contributed by atoms with Gasteiger partial charge in [0.25, 0.3) is 0 Å². The quantitative estimate of drug-likeness (QED) is 0.487. The van der Waals surface area contributed by atoms with Crippen molar-refractivity contribution in [2.45, 2.75) is 13.3 Å². The van der Waals surface area contributed by atoms with Gasteiger partial charge in [-0.05, 0) is 25.0 Å². The average molecular weight is 142 g/mol. The van der Waals surface area contributed by atoms with Crippen LogP contribution in [0.2, 0.25) is 0 Å². The Kier molecular flexibility index (Phi) is 2.00. The van der Waals surface area contributed by atoms with E-state index < -0.39 is 11.7 Å². The van der Waals surface area contributed by atoms with Crippen LogP contribution in [0.5, 0.6) is 0 Å². The van der Waals surface area contributed by atoms with Gasteiger partial charge in [-0.1, -0.05) is 6.08 Å². The maximum atomic E-state index is 12.6. The molecule has 0 saturated carbocycles. The SMILES string of the molecule is CC1=C(F)C=C(F)C=CC1. The fourth-order valence-electron chi connectivity index (χ4n) is 0.738. The minimum Gasteiger partial charge on any atom is -0.207 e. The summed E-state index contributed by atoms with van der Waals surface area (Å²) < 4.78 is 25.0. The molecule has 1 rings (SSSR count). The van der Waals surface area contributed by atoms with Crippen LogP contribution in [0.1, 0.15) is 13.3 Å². The highest BCUT2D eigenvalue weighted by Crippen LogP contribution is 2.18. The van der Waals surface area contributed by atoms with Crippen molar-refractivity contribution in [2.75, 3.05) is 0 Å². The summed E-state index contributed by atoms with van der Waals surface area (Å²) >= 11 is 0. The Bertz CT molecular complexity index is 221. The maximum absolute atomic E-state index is 12.6. The zero-order valence-corrected chi connectivity index (χ0v) is 5.70. The van der Waals surface area contributed by atoms with Gasteiger partial charge < -0.3 is 0 Å². The molecule has 0 aliphatic heterocycles. The highest BCUT2D eigenvalue weighted by atomic mass is 19.1. The Morgan fingerprint density at radius 1 is 1.40 bits per heavy atom. The average Bonchev–Trinajstić information content (AvgIpc) is 1.96. The molecular weight excluding hydrogens is 134 g/mol. The monoisotopic (exact) mass is 142 g/mol. The molecule has 0 bridgehead atoms. The van der Waals surface area contributed by atoms with Crippen LogP contribution in [0.15, 0.2) is 35.5 Å². The third kappa shape index (κ3) is 1.53. The first-order valence-electron chi connectivity index (χ1n) is 3.09. The zero-order valence-electron chi connectivity index (χ0n) is 5.70. The van der Waals surface area contributed by atoms with Gasteiger partial charge in [0, 0.05) is 6.08 Å². The summed E-state index contributed by atoms with van der Waals surface area (Å²) in [5.74, 6) is -0.975. The number of hydrogen-bond donors (Lipinski definition) is 0. The number of rotatable bonds is 0. The van der Waals surface area contributed by atoms with E-state index in [1.165, 1.54) is 6.08 Å². The third-order valence-corrected chi connectivity index (χ3v) is 1.37. The predicted molar refractivity (Wildman–Crippen MR) is 36.8 cm³/mol. The highest BCUT2D eigenvalue weighted by Gasteiger charge is 2.01. The van der Waals surface area contributed by atoms with Crippen LogP contribution < -0.4 is 0 Å². The Morgan fingerprint density at radius 3 is 2.80 bits per heavy atom. The molecule has 0 nitrogen and oxygen atoms in total. The predicted octanol–water partition coefficient (Wildman–Crippen LogP) is 3.04. The van der Waals surface area contributed by atoms with Crippen molar-refractivity contribution in [2.24, 2.45) is 0 Å². The van der Waals surface area contributed by atoms with Crippen LogP contribution in [-0.2, 0) is 0 Å². The lowest BCUT2D eigenvalue weighted by molar-refractivity contribution is 0.625. The van der Waals surface area contributed by atoms with E-state index in [1.54, 1.807) is 13.0 Å². The highest BCUT2D eigenvalue weighted by molar-refractivity contribution is 5.30. The Labute approximate surface area is 58.6 Å². The topological polar surface area (TPSA) is 0 Å². The number of hydrogen-bond acceptors (Lipinski definition) is 0. The van der Waals surface area contributed by atoms with Crippen molar-refractivity contribution < 1.29 is 8.78 Å². The lowest BCUT2D eigenvalue weighted by atomic mass is 10.2. The molecule has 0 saturated heterocycles. The summed E-state index contributed by atoms with van der Waals surface area (Å²) in [5.41, 5.74) is 0.573. The molecular formula is C8H8F2. The van der Waals surface area contributed by atoms with E-state index in [1.807, 2.05) is 0 Å². The summed E-state index contributed by atoms with van der Waals surface area (Å²) in [5, 5.41) is 0. The van der Waals surface area contributed by atoms with Crippen molar-refractivity contribution >= 4 is 0 Å². The second-order valence-electron chi connectivity index (χ2n) is 2.26. The molecule has 0 amide bonds. The molecule has 1 aliphatic rings. The van der Waals surface area contributed by atoms with E-state index >= 15 is 0 Å². The molecule has 54 valence electrons. The summed E-state index contributed by atoms with van der Waals surface area (Å²) in [4.78, 5) is 0. The molecule has 0 spiro atoms. The zero-order chi connectivity index (χ0) is 7.56. The minimum absolute atomic E-state index is 0.456. The molecule has 0 aromatic rings. The summed E-state index contributed by atoms with van der Waals surface area (Å²) in [6.07, 6.45) is 4.28. The molecule has 0 fully saturated rings. The van der Waals surface area contributed by atoms with Crippen LogP contribution in [0, 0.1) is 0 Å². The van der Waals surface area contributed by atoms with Crippen LogP contribution in [0.3, 0.4) is 0 Å². The van der Waals surface area contributed by atoms with E-state index in [2.05, 4.69) is 0 Å². The van der Waals surface area contributed by atoms with Gasteiger partial charge in [0.1, 0.15) is 11.7 Å². The van der Waals surface area contributed by atoms with Crippen LogP contribution >= 0.6 is 0 Å². The molecule has 10 heavy (non-hydrogen) atoms. The summed E-state index contributed by atoms with van der Waals surface area (Å²) in [6.45, 7) is 1.65. The van der Waals surface area contributed by atoms with Crippen LogP contribution in [0.4, 0.5) is 8.78 Å². The molecule has 0 aromatic carbocycles. The first kappa shape index (κ1) is 7.19. The molecule has 0 heterocycles. The summed E-state index contributed by atoms with van der Waals surface area (Å²) in [6, 6.07) is 0. The number of allylic oxidation sites excluding steroid dienone is 6.